The van der Waals surface area contributed by atoms with E-state index in [0.29, 0.717) is 13.0 Å². The molecule has 4 N–H and O–H groups in total. The summed E-state index contributed by atoms with van der Waals surface area (Å²) >= 11 is 0. The zero-order valence-corrected chi connectivity index (χ0v) is 14.8. The molecule has 3 rings (SSSR count). The molecule has 1 atom stereocenters. The third-order valence-electron chi connectivity index (χ3n) is 4.61. The van der Waals surface area contributed by atoms with Gasteiger partial charge in [0.2, 0.25) is 5.91 Å². The molecule has 0 unspecified atom stereocenters. The molecule has 136 valence electrons. The van der Waals surface area contributed by atoms with Crippen molar-refractivity contribution in [2.24, 2.45) is 0 Å². The van der Waals surface area contributed by atoms with Crippen LogP contribution in [0.1, 0.15) is 16.7 Å². The summed E-state index contributed by atoms with van der Waals surface area (Å²) in [7, 11) is 1.60. The van der Waals surface area contributed by atoms with Gasteiger partial charge in [0.1, 0.15) is 12.3 Å². The summed E-state index contributed by atoms with van der Waals surface area (Å²) in [5.41, 5.74) is 3.37. The lowest BCUT2D eigenvalue weighted by Crippen LogP contribution is -2.93. The highest BCUT2D eigenvalue weighted by Crippen LogP contribution is 2.16. The van der Waals surface area contributed by atoms with Crippen molar-refractivity contribution in [1.82, 2.24) is 10.6 Å². The Bertz CT molecular complexity index is 791. The first-order valence-electron chi connectivity index (χ1n) is 8.74. The van der Waals surface area contributed by atoms with Crippen molar-refractivity contribution in [2.75, 3.05) is 13.7 Å². The first kappa shape index (κ1) is 17.9. The topological polar surface area (TPSA) is 84.0 Å². The average molecular weight is 354 g/mol. The van der Waals surface area contributed by atoms with E-state index in [1.165, 1.54) is 11.1 Å². The summed E-state index contributed by atoms with van der Waals surface area (Å²) < 4.78 is 5.26. The van der Waals surface area contributed by atoms with Crippen molar-refractivity contribution in [3.63, 3.8) is 0 Å². The summed E-state index contributed by atoms with van der Waals surface area (Å²) in [5.74, 6) is 0.403. The largest absolute Gasteiger partial charge is 0.496 e. The predicted molar refractivity (Wildman–Crippen MR) is 97.4 cm³/mol. The number of rotatable bonds is 6. The van der Waals surface area contributed by atoms with Crippen molar-refractivity contribution in [2.45, 2.75) is 25.6 Å². The van der Waals surface area contributed by atoms with Gasteiger partial charge in [0.15, 0.2) is 6.04 Å². The van der Waals surface area contributed by atoms with Gasteiger partial charge in [0.05, 0.1) is 13.7 Å². The molecule has 6 nitrogen and oxygen atoms in total. The smallest absolute Gasteiger partial charge is 0.279 e. The van der Waals surface area contributed by atoms with E-state index in [-0.39, 0.29) is 24.4 Å². The highest BCUT2D eigenvalue weighted by atomic mass is 16.5. The molecule has 0 fully saturated rings. The zero-order chi connectivity index (χ0) is 18.4. The Hall–Kier alpha value is -2.86. The molecule has 1 heterocycles. The Morgan fingerprint density at radius 1 is 1.08 bits per heavy atom. The molecular formula is C20H24N3O3+. The number of nitrogens with one attached hydrogen (secondary N) is 2. The fraction of sp³-hybridized carbons (Fsp3) is 0.300. The van der Waals surface area contributed by atoms with Crippen molar-refractivity contribution in [3.8, 4) is 5.75 Å². The summed E-state index contributed by atoms with van der Waals surface area (Å²) in [6, 6.07) is 15.5. The normalized spacial score (nSPS) is 15.7. The van der Waals surface area contributed by atoms with E-state index in [4.69, 9.17) is 4.74 Å². The first-order valence-corrected chi connectivity index (χ1v) is 8.74. The second-order valence-corrected chi connectivity index (χ2v) is 6.33. The molecule has 0 bridgehead atoms. The lowest BCUT2D eigenvalue weighted by molar-refractivity contribution is -0.695. The molecule has 0 radical (unpaired) electrons. The van der Waals surface area contributed by atoms with Crippen LogP contribution in [0, 0.1) is 0 Å². The van der Waals surface area contributed by atoms with E-state index >= 15 is 0 Å². The number of carbonyl (C=O) groups excluding carboxylic acids is 2. The standard InChI is InChI=1S/C20H23N3O3/c1-26-18-9-5-4-8-16(18)12-22-19(24)13-23-20(25)17-10-14-6-2-3-7-15(14)11-21-17/h2-9,17,21H,10-13H2,1H3,(H,22,24)(H,23,25)/p+1/t17-/m0/s1. The maximum Gasteiger partial charge on any atom is 0.279 e. The van der Waals surface area contributed by atoms with Gasteiger partial charge in [-0.25, -0.2) is 0 Å². The number of methoxy groups -OCH3 is 1. The molecule has 1 aliphatic heterocycles. The van der Waals surface area contributed by atoms with Gasteiger partial charge in [-0.3, -0.25) is 9.59 Å². The molecule has 0 spiro atoms. The molecule has 0 saturated heterocycles. The van der Waals surface area contributed by atoms with Crippen molar-refractivity contribution in [1.29, 1.82) is 0 Å². The SMILES string of the molecule is COc1ccccc1CNC(=O)CNC(=O)[C@@H]1Cc2ccccc2C[NH2+]1. The van der Waals surface area contributed by atoms with E-state index in [1.54, 1.807) is 7.11 Å². The molecule has 0 saturated carbocycles. The summed E-state index contributed by atoms with van der Waals surface area (Å²) in [5, 5.41) is 7.56. The number of ether oxygens (including phenoxy) is 1. The van der Waals surface area contributed by atoms with Gasteiger partial charge < -0.3 is 20.7 Å². The highest BCUT2D eigenvalue weighted by molar-refractivity contribution is 5.86. The maximum atomic E-state index is 12.3. The zero-order valence-electron chi connectivity index (χ0n) is 14.8. The number of hydrogen-bond acceptors (Lipinski definition) is 3. The fourth-order valence-corrected chi connectivity index (χ4v) is 3.15. The minimum Gasteiger partial charge on any atom is -0.496 e. The van der Waals surface area contributed by atoms with Crippen LogP contribution in [-0.2, 0) is 29.1 Å². The Balaban J connectivity index is 1.45. The van der Waals surface area contributed by atoms with Gasteiger partial charge in [0.25, 0.3) is 5.91 Å². The van der Waals surface area contributed by atoms with Crippen molar-refractivity contribution < 1.29 is 19.6 Å². The monoisotopic (exact) mass is 354 g/mol. The summed E-state index contributed by atoms with van der Waals surface area (Å²) in [6.45, 7) is 1.12. The Morgan fingerprint density at radius 2 is 1.81 bits per heavy atom. The Labute approximate surface area is 152 Å². The van der Waals surface area contributed by atoms with Gasteiger partial charge >= 0.3 is 0 Å². The second kappa shape index (κ2) is 8.49. The number of fused-ring (bicyclic) bond motifs is 1. The second-order valence-electron chi connectivity index (χ2n) is 6.33. The van der Waals surface area contributed by atoms with E-state index in [0.717, 1.165) is 17.9 Å². The number of carbonyl (C=O) groups is 2. The van der Waals surface area contributed by atoms with E-state index < -0.39 is 0 Å². The minimum atomic E-state index is -0.222. The molecule has 0 aliphatic carbocycles. The molecule has 26 heavy (non-hydrogen) atoms. The molecule has 2 aromatic carbocycles. The van der Waals surface area contributed by atoms with Crippen LogP contribution in [0.25, 0.3) is 0 Å². The van der Waals surface area contributed by atoms with Crippen LogP contribution in [0.4, 0.5) is 0 Å². The van der Waals surface area contributed by atoms with Crippen LogP contribution >= 0.6 is 0 Å². The average Bonchev–Trinajstić information content (AvgIpc) is 2.70. The number of benzene rings is 2. The summed E-state index contributed by atoms with van der Waals surface area (Å²) in [6.07, 6.45) is 0.685. The number of para-hydroxylation sites is 1. The number of hydrogen-bond donors (Lipinski definition) is 3. The van der Waals surface area contributed by atoms with Gasteiger partial charge in [-0.05, 0) is 11.6 Å². The van der Waals surface area contributed by atoms with E-state index in [9.17, 15) is 9.59 Å². The molecule has 2 aromatic rings. The van der Waals surface area contributed by atoms with Crippen LogP contribution in [-0.4, -0.2) is 31.5 Å². The van der Waals surface area contributed by atoms with Gasteiger partial charge in [0, 0.05) is 24.1 Å². The Morgan fingerprint density at radius 3 is 2.62 bits per heavy atom. The summed E-state index contributed by atoms with van der Waals surface area (Å²) in [4.78, 5) is 24.4. The van der Waals surface area contributed by atoms with Crippen LogP contribution in [0.3, 0.4) is 0 Å². The third kappa shape index (κ3) is 4.40. The fourth-order valence-electron chi connectivity index (χ4n) is 3.15. The lowest BCUT2D eigenvalue weighted by atomic mass is 9.95. The molecule has 0 aromatic heterocycles. The minimum absolute atomic E-state index is 0.0278. The highest BCUT2D eigenvalue weighted by Gasteiger charge is 2.27. The van der Waals surface area contributed by atoms with E-state index in [1.807, 2.05) is 41.7 Å². The molecule has 1 aliphatic rings. The molecule has 2 amide bonds. The number of amides is 2. The quantitative estimate of drug-likeness (QED) is 0.689. The maximum absolute atomic E-state index is 12.3. The van der Waals surface area contributed by atoms with Gasteiger partial charge in [-0.2, -0.15) is 0 Å². The predicted octanol–water partition coefficient (Wildman–Crippen LogP) is 0.116. The van der Waals surface area contributed by atoms with Gasteiger partial charge in [-0.15, -0.1) is 0 Å². The first-order chi connectivity index (χ1) is 12.7. The van der Waals surface area contributed by atoms with Crippen LogP contribution in [0.5, 0.6) is 5.75 Å². The molecule has 6 heteroatoms. The third-order valence-corrected chi connectivity index (χ3v) is 4.61. The van der Waals surface area contributed by atoms with Crippen LogP contribution in [0.15, 0.2) is 48.5 Å². The van der Waals surface area contributed by atoms with Gasteiger partial charge in [-0.1, -0.05) is 42.5 Å². The van der Waals surface area contributed by atoms with Crippen LogP contribution in [0.2, 0.25) is 0 Å². The Kier molecular flexibility index (Phi) is 5.86. The number of quaternary nitrogens is 1. The van der Waals surface area contributed by atoms with Crippen LogP contribution < -0.4 is 20.7 Å². The van der Waals surface area contributed by atoms with Crippen molar-refractivity contribution >= 4 is 11.8 Å². The lowest BCUT2D eigenvalue weighted by Gasteiger charge is -2.22. The number of nitrogens with two attached hydrogens (primary N) is 1. The molecular weight excluding hydrogens is 330 g/mol. The van der Waals surface area contributed by atoms with E-state index in [2.05, 4.69) is 22.8 Å². The van der Waals surface area contributed by atoms with Crippen molar-refractivity contribution in [3.05, 3.63) is 65.2 Å².